The summed E-state index contributed by atoms with van der Waals surface area (Å²) in [6.45, 7) is 2.45. The van der Waals surface area contributed by atoms with Crippen LogP contribution in [0.4, 0.5) is 30.7 Å². The molecule has 39 heavy (non-hydrogen) atoms. The van der Waals surface area contributed by atoms with Crippen LogP contribution < -0.4 is 4.74 Å². The van der Waals surface area contributed by atoms with Crippen molar-refractivity contribution in [2.45, 2.75) is 51.6 Å². The molecule has 0 aliphatic rings. The summed E-state index contributed by atoms with van der Waals surface area (Å²) in [5, 5.41) is 0.645. The predicted octanol–water partition coefficient (Wildman–Crippen LogP) is 9.83. The maximum Gasteiger partial charge on any atom is 0.419 e. The first-order chi connectivity index (χ1) is 18.6. The average molecular weight is 549 g/mol. The van der Waals surface area contributed by atoms with Crippen LogP contribution in [0.1, 0.15) is 49.3 Å². The summed E-state index contributed by atoms with van der Waals surface area (Å²) >= 11 is 0. The zero-order valence-electron chi connectivity index (χ0n) is 21.3. The van der Waals surface area contributed by atoms with E-state index in [1.807, 2.05) is 0 Å². The summed E-state index contributed by atoms with van der Waals surface area (Å²) in [6, 6.07) is 12.4. The Bertz CT molecular complexity index is 1440. The van der Waals surface area contributed by atoms with Gasteiger partial charge in [-0.1, -0.05) is 56.5 Å². The van der Waals surface area contributed by atoms with Crippen LogP contribution in [-0.2, 0) is 19.0 Å². The van der Waals surface area contributed by atoms with Gasteiger partial charge in [-0.2, -0.15) is 13.2 Å². The summed E-state index contributed by atoms with van der Waals surface area (Å²) in [6.07, 6.45) is -0.647. The maximum atomic E-state index is 15.2. The number of rotatable bonds is 10. The molecule has 0 heterocycles. The van der Waals surface area contributed by atoms with E-state index in [0.717, 1.165) is 43.9 Å². The molecule has 4 aromatic carbocycles. The normalized spacial score (nSPS) is 11.8. The topological polar surface area (TPSA) is 9.23 Å². The molecule has 0 atom stereocenters. The van der Waals surface area contributed by atoms with Gasteiger partial charge in [0.25, 0.3) is 0 Å². The highest BCUT2D eigenvalue weighted by molar-refractivity contribution is 5.88. The van der Waals surface area contributed by atoms with Crippen molar-refractivity contribution in [3.63, 3.8) is 0 Å². The van der Waals surface area contributed by atoms with Gasteiger partial charge in [-0.3, -0.25) is 0 Å². The lowest BCUT2D eigenvalue weighted by Gasteiger charge is -2.12. The number of ether oxygens (including phenoxy) is 1. The monoisotopic (exact) mass is 548 g/mol. The third-order valence-electron chi connectivity index (χ3n) is 6.63. The second-order valence-electron chi connectivity index (χ2n) is 9.46. The molecule has 0 radical (unpaired) electrons. The predicted molar refractivity (Wildman–Crippen MR) is 138 cm³/mol. The van der Waals surface area contributed by atoms with Crippen molar-refractivity contribution < 1.29 is 35.5 Å². The number of hydrogen-bond acceptors (Lipinski definition) is 1. The summed E-state index contributed by atoms with van der Waals surface area (Å²) < 4.78 is 103. The van der Waals surface area contributed by atoms with Gasteiger partial charge in [-0.05, 0) is 59.5 Å². The van der Waals surface area contributed by atoms with E-state index in [1.165, 1.54) is 30.3 Å². The first-order valence-corrected chi connectivity index (χ1v) is 12.8. The molecule has 0 aliphatic carbocycles. The molecule has 4 rings (SSSR count). The van der Waals surface area contributed by atoms with Crippen molar-refractivity contribution >= 4 is 10.8 Å². The minimum Gasteiger partial charge on any atom is -0.493 e. The SMILES string of the molecule is CCCCCCOc1cc(F)c(-c2ccc3c(F)c(CCc4ccc(C(F)(F)F)c(F)c4)ccc3c2)c(F)c1. The molecule has 0 saturated carbocycles. The van der Waals surface area contributed by atoms with Gasteiger partial charge in [-0.15, -0.1) is 0 Å². The van der Waals surface area contributed by atoms with Crippen LogP contribution in [0.15, 0.2) is 60.7 Å². The van der Waals surface area contributed by atoms with Crippen LogP contribution in [0.25, 0.3) is 21.9 Å². The highest BCUT2D eigenvalue weighted by Crippen LogP contribution is 2.34. The molecule has 0 fully saturated rings. The third-order valence-corrected chi connectivity index (χ3v) is 6.63. The van der Waals surface area contributed by atoms with Gasteiger partial charge in [0.05, 0.1) is 17.7 Å². The fourth-order valence-corrected chi connectivity index (χ4v) is 4.54. The van der Waals surface area contributed by atoms with Crippen LogP contribution in [0, 0.1) is 23.3 Å². The van der Waals surface area contributed by atoms with Gasteiger partial charge in [0, 0.05) is 17.5 Å². The van der Waals surface area contributed by atoms with Crippen molar-refractivity contribution in [2.75, 3.05) is 6.61 Å². The largest absolute Gasteiger partial charge is 0.493 e. The molecule has 8 heteroatoms. The number of halogens is 7. The first-order valence-electron chi connectivity index (χ1n) is 12.8. The van der Waals surface area contributed by atoms with E-state index < -0.39 is 35.0 Å². The van der Waals surface area contributed by atoms with Gasteiger partial charge in [0.15, 0.2) is 0 Å². The molecule has 0 bridgehead atoms. The van der Waals surface area contributed by atoms with Gasteiger partial charge in [-0.25, -0.2) is 17.6 Å². The van der Waals surface area contributed by atoms with Gasteiger partial charge in [0.1, 0.15) is 29.0 Å². The Balaban J connectivity index is 1.51. The lowest BCUT2D eigenvalue weighted by atomic mass is 9.96. The molecule has 0 amide bonds. The van der Waals surface area contributed by atoms with E-state index in [4.69, 9.17) is 4.74 Å². The maximum absolute atomic E-state index is 15.2. The Kier molecular flexibility index (Phi) is 8.83. The molecule has 0 saturated heterocycles. The minimum absolute atomic E-state index is 0.106. The Morgan fingerprint density at radius 3 is 2.13 bits per heavy atom. The first kappa shape index (κ1) is 28.5. The molecular formula is C31H27F7O. The van der Waals surface area contributed by atoms with E-state index in [-0.39, 0.29) is 40.7 Å². The number of unbranched alkanes of at least 4 members (excludes halogenated alkanes) is 3. The van der Waals surface area contributed by atoms with Crippen LogP contribution >= 0.6 is 0 Å². The second kappa shape index (κ2) is 12.1. The average Bonchev–Trinajstić information content (AvgIpc) is 2.87. The van der Waals surface area contributed by atoms with E-state index >= 15 is 4.39 Å². The Morgan fingerprint density at radius 1 is 0.718 bits per heavy atom. The van der Waals surface area contributed by atoms with Crippen molar-refractivity contribution in [3.8, 4) is 16.9 Å². The van der Waals surface area contributed by atoms with Gasteiger partial charge in [0.2, 0.25) is 0 Å². The molecule has 4 aromatic rings. The number of aryl methyl sites for hydroxylation is 2. The summed E-state index contributed by atoms with van der Waals surface area (Å²) in [7, 11) is 0. The van der Waals surface area contributed by atoms with E-state index in [2.05, 4.69) is 6.92 Å². The van der Waals surface area contributed by atoms with Crippen LogP contribution in [0.3, 0.4) is 0 Å². The Labute approximate surface area is 222 Å². The smallest absolute Gasteiger partial charge is 0.419 e. The molecule has 0 spiro atoms. The van der Waals surface area contributed by atoms with E-state index in [0.29, 0.717) is 23.6 Å². The highest BCUT2D eigenvalue weighted by atomic mass is 19.4. The molecule has 1 nitrogen and oxygen atoms in total. The lowest BCUT2D eigenvalue weighted by molar-refractivity contribution is -0.140. The Morgan fingerprint density at radius 2 is 1.46 bits per heavy atom. The summed E-state index contributed by atoms with van der Waals surface area (Å²) in [5.74, 6) is -3.41. The van der Waals surface area contributed by atoms with Crippen molar-refractivity contribution in [1.82, 2.24) is 0 Å². The zero-order chi connectivity index (χ0) is 28.2. The minimum atomic E-state index is -4.79. The fourth-order valence-electron chi connectivity index (χ4n) is 4.54. The molecule has 0 aliphatic heterocycles. The second-order valence-corrected chi connectivity index (χ2v) is 9.46. The van der Waals surface area contributed by atoms with Crippen molar-refractivity contribution in [2.24, 2.45) is 0 Å². The van der Waals surface area contributed by atoms with Gasteiger partial charge >= 0.3 is 6.18 Å². The number of benzene rings is 4. The van der Waals surface area contributed by atoms with E-state index in [9.17, 15) is 26.3 Å². The van der Waals surface area contributed by atoms with Crippen LogP contribution in [0.2, 0.25) is 0 Å². The van der Waals surface area contributed by atoms with Crippen molar-refractivity contribution in [1.29, 1.82) is 0 Å². The molecule has 206 valence electrons. The standard InChI is InChI=1S/C31H27F7O/c1-2-3-4-5-14-39-23-17-27(33)29(28(34)18-23)22-11-12-24-21(16-22)10-9-20(30(24)35)8-6-19-7-13-25(26(32)15-19)31(36,37)38/h7,9-13,15-18H,2-6,8,14H2,1H3. The lowest BCUT2D eigenvalue weighted by Crippen LogP contribution is -2.08. The molecule has 0 unspecified atom stereocenters. The fraction of sp³-hybridized carbons (Fsp3) is 0.290. The number of alkyl halides is 3. The third kappa shape index (κ3) is 6.72. The molecule has 0 aromatic heterocycles. The van der Waals surface area contributed by atoms with Crippen LogP contribution in [-0.4, -0.2) is 6.61 Å². The summed E-state index contributed by atoms with van der Waals surface area (Å²) in [4.78, 5) is 0. The molecular weight excluding hydrogens is 521 g/mol. The summed E-state index contributed by atoms with van der Waals surface area (Å²) in [5.41, 5.74) is -0.775. The molecule has 0 N–H and O–H groups in total. The highest BCUT2D eigenvalue weighted by Gasteiger charge is 2.33. The quantitative estimate of drug-likeness (QED) is 0.142. The zero-order valence-corrected chi connectivity index (χ0v) is 21.3. The Hall–Kier alpha value is -3.55. The number of hydrogen-bond donors (Lipinski definition) is 0. The van der Waals surface area contributed by atoms with Crippen LogP contribution in [0.5, 0.6) is 5.75 Å². The number of fused-ring (bicyclic) bond motifs is 1. The van der Waals surface area contributed by atoms with Gasteiger partial charge < -0.3 is 4.74 Å². The van der Waals surface area contributed by atoms with Crippen molar-refractivity contribution in [3.05, 3.63) is 101 Å². The van der Waals surface area contributed by atoms with E-state index in [1.54, 1.807) is 6.07 Å².